The van der Waals surface area contributed by atoms with Gasteiger partial charge in [0.2, 0.25) is 0 Å². The molecule has 0 aliphatic carbocycles. The zero-order valence-electron chi connectivity index (χ0n) is 15.8. The second-order valence-electron chi connectivity index (χ2n) is 7.17. The number of H-pyrrole nitrogens is 3. The van der Waals surface area contributed by atoms with E-state index in [1.165, 1.54) is 0 Å². The van der Waals surface area contributed by atoms with Crippen molar-refractivity contribution in [2.24, 2.45) is 4.99 Å². The summed E-state index contributed by atoms with van der Waals surface area (Å²) in [5.41, 5.74) is 5.83. The van der Waals surface area contributed by atoms with Crippen LogP contribution in [0.2, 0.25) is 0 Å². The molecule has 1 aliphatic heterocycles. The molecule has 0 spiro atoms. The van der Waals surface area contributed by atoms with Crippen LogP contribution < -0.4 is 16.0 Å². The Balaban J connectivity index is 1.73. The third kappa shape index (κ3) is 2.46. The topological polar surface area (TPSA) is 84.7 Å². The lowest BCUT2D eigenvalue weighted by Crippen LogP contribution is -2.34. The number of benzene rings is 2. The largest absolute Gasteiger partial charge is 0.360 e. The normalized spacial score (nSPS) is 13.3. The van der Waals surface area contributed by atoms with E-state index in [1.807, 2.05) is 36.7 Å². The van der Waals surface area contributed by atoms with E-state index in [1.54, 1.807) is 0 Å². The minimum absolute atomic E-state index is 0.371. The van der Waals surface area contributed by atoms with E-state index < -0.39 is 0 Å². The van der Waals surface area contributed by atoms with Crippen molar-refractivity contribution >= 4 is 57.8 Å². The molecule has 144 valence electrons. The van der Waals surface area contributed by atoms with E-state index in [-0.39, 0.29) is 0 Å². The van der Waals surface area contributed by atoms with E-state index in [2.05, 4.69) is 56.1 Å². The number of aromatic nitrogens is 4. The number of fused-ring (bicyclic) bond motifs is 3. The van der Waals surface area contributed by atoms with Crippen molar-refractivity contribution in [1.29, 1.82) is 0 Å². The highest BCUT2D eigenvalue weighted by molar-refractivity contribution is 7.71. The van der Waals surface area contributed by atoms with Gasteiger partial charge in [0.15, 0.2) is 10.6 Å². The molecule has 5 aromatic rings. The molecule has 30 heavy (non-hydrogen) atoms. The fourth-order valence-electron chi connectivity index (χ4n) is 4.00. The van der Waals surface area contributed by atoms with Crippen LogP contribution in [0, 0.1) is 4.77 Å². The molecule has 0 amide bonds. The minimum atomic E-state index is 0.371. The fourth-order valence-corrected chi connectivity index (χ4v) is 4.22. The molecular weight excluding hydrogens is 392 g/mol. The van der Waals surface area contributed by atoms with Crippen LogP contribution in [0.4, 0.5) is 5.82 Å². The first-order valence-electron chi connectivity index (χ1n) is 9.51. The monoisotopic (exact) mass is 408 g/mol. The molecule has 4 heterocycles. The van der Waals surface area contributed by atoms with Crippen LogP contribution in [-0.4, -0.2) is 19.9 Å². The van der Waals surface area contributed by atoms with Crippen LogP contribution in [0.1, 0.15) is 11.1 Å². The van der Waals surface area contributed by atoms with E-state index >= 15 is 0 Å². The number of anilines is 1. The van der Waals surface area contributed by atoms with Gasteiger partial charge < -0.3 is 20.3 Å². The van der Waals surface area contributed by atoms with Crippen molar-refractivity contribution < 1.29 is 0 Å². The fraction of sp³-hybridized carbons (Fsp3) is 0. The summed E-state index contributed by atoms with van der Waals surface area (Å²) in [6.07, 6.45) is 3.99. The number of rotatable bonds is 2. The Labute approximate surface area is 175 Å². The van der Waals surface area contributed by atoms with E-state index in [0.717, 1.165) is 44.3 Å². The first kappa shape index (κ1) is 16.9. The number of hydrogen-bond donors (Lipinski definition) is 4. The molecule has 1 aliphatic rings. The molecule has 0 radical (unpaired) electrons. The van der Waals surface area contributed by atoms with Crippen molar-refractivity contribution in [3.8, 4) is 0 Å². The standard InChI is InChI=1S/C23H16N6S/c1-12-19-22(29-23(30)26-12)28-21(16-11-25-18-9-5-3-7-14(16)18)20(27-19)15-10-24-17-8-4-2-6-13(15)17/h2-11,24-25H,1H2,(H2,26,28,29,30). The summed E-state index contributed by atoms with van der Waals surface area (Å²) < 4.78 is 0.371. The Hall–Kier alpha value is -3.97. The molecule has 6 nitrogen and oxygen atoms in total. The molecule has 7 heteroatoms. The van der Waals surface area contributed by atoms with Crippen LogP contribution in [-0.2, 0) is 0 Å². The zero-order valence-corrected chi connectivity index (χ0v) is 16.6. The molecule has 2 aromatic carbocycles. The number of para-hydroxylation sites is 2. The van der Waals surface area contributed by atoms with Gasteiger partial charge in [0.1, 0.15) is 5.36 Å². The maximum Gasteiger partial charge on any atom is 0.199 e. The summed E-state index contributed by atoms with van der Waals surface area (Å²) in [5, 5.41) is 6.98. The average Bonchev–Trinajstić information content (AvgIpc) is 3.37. The average molecular weight is 408 g/mol. The number of aromatic amines is 3. The van der Waals surface area contributed by atoms with Crippen molar-refractivity contribution in [3.63, 3.8) is 0 Å². The summed E-state index contributed by atoms with van der Waals surface area (Å²) in [5.74, 6) is 0.604. The van der Waals surface area contributed by atoms with Crippen LogP contribution in [0.25, 0.3) is 39.8 Å². The number of nitrogens with one attached hydrogen (secondary N) is 4. The number of hydrogen-bond acceptors (Lipinski definition) is 4. The molecule has 4 N–H and O–H groups in total. The maximum absolute atomic E-state index is 5.26. The highest BCUT2D eigenvalue weighted by atomic mass is 32.1. The molecule has 0 unspecified atom stereocenters. The van der Waals surface area contributed by atoms with Gasteiger partial charge >= 0.3 is 0 Å². The predicted octanol–water partition coefficient (Wildman–Crippen LogP) is 4.08. The van der Waals surface area contributed by atoms with Gasteiger partial charge in [-0.2, -0.15) is 0 Å². The SMILES string of the molecule is C=c1[nH]c(=S)nc2c1=NC(c1c[nH]c3ccccc13)=C(c1c[nH]c3ccccc13)N2. The lowest BCUT2D eigenvalue weighted by atomic mass is 10.0. The zero-order chi connectivity index (χ0) is 20.2. The van der Waals surface area contributed by atoms with Gasteiger partial charge in [0.25, 0.3) is 0 Å². The maximum atomic E-state index is 5.26. The minimum Gasteiger partial charge on any atom is -0.360 e. The van der Waals surface area contributed by atoms with Gasteiger partial charge in [-0.3, -0.25) is 0 Å². The second kappa shape index (κ2) is 6.27. The third-order valence-electron chi connectivity index (χ3n) is 5.39. The first-order chi connectivity index (χ1) is 14.7. The molecule has 0 bridgehead atoms. The van der Waals surface area contributed by atoms with Gasteiger partial charge in [-0.25, -0.2) is 9.98 Å². The summed E-state index contributed by atoms with van der Waals surface area (Å²) >= 11 is 5.26. The lowest BCUT2D eigenvalue weighted by Gasteiger charge is -2.18. The van der Waals surface area contributed by atoms with Crippen LogP contribution >= 0.6 is 12.2 Å². The molecule has 0 saturated heterocycles. The molecular formula is C23H16N6S. The van der Waals surface area contributed by atoms with Crippen LogP contribution in [0.3, 0.4) is 0 Å². The van der Waals surface area contributed by atoms with Gasteiger partial charge in [-0.05, 0) is 24.4 Å². The lowest BCUT2D eigenvalue weighted by molar-refractivity contribution is 1.04. The quantitative estimate of drug-likeness (QED) is 0.332. The van der Waals surface area contributed by atoms with Crippen LogP contribution in [0.5, 0.6) is 0 Å². The van der Waals surface area contributed by atoms with E-state index in [4.69, 9.17) is 17.2 Å². The van der Waals surface area contributed by atoms with E-state index in [0.29, 0.717) is 21.3 Å². The second-order valence-corrected chi connectivity index (χ2v) is 7.56. The highest BCUT2D eigenvalue weighted by Gasteiger charge is 2.22. The molecule has 6 rings (SSSR count). The molecule has 3 aromatic heterocycles. The van der Waals surface area contributed by atoms with Crippen molar-refractivity contribution in [3.05, 3.63) is 87.5 Å². The van der Waals surface area contributed by atoms with Gasteiger partial charge in [-0.15, -0.1) is 0 Å². The van der Waals surface area contributed by atoms with Gasteiger partial charge in [-0.1, -0.05) is 43.0 Å². The predicted molar refractivity (Wildman–Crippen MR) is 123 cm³/mol. The van der Waals surface area contributed by atoms with Crippen molar-refractivity contribution in [2.45, 2.75) is 0 Å². The molecule has 0 atom stereocenters. The summed E-state index contributed by atoms with van der Waals surface area (Å²) in [4.78, 5) is 19.2. The first-order valence-corrected chi connectivity index (χ1v) is 9.92. The highest BCUT2D eigenvalue weighted by Crippen LogP contribution is 2.36. The third-order valence-corrected chi connectivity index (χ3v) is 5.58. The molecule has 0 saturated carbocycles. The molecule has 0 fully saturated rings. The Morgan fingerprint density at radius 3 is 2.20 bits per heavy atom. The Kier molecular flexibility index (Phi) is 3.54. The Morgan fingerprint density at radius 1 is 0.833 bits per heavy atom. The Bertz CT molecular complexity index is 1670. The van der Waals surface area contributed by atoms with Gasteiger partial charge in [0, 0.05) is 45.3 Å². The van der Waals surface area contributed by atoms with Crippen LogP contribution in [0.15, 0.2) is 65.9 Å². The van der Waals surface area contributed by atoms with E-state index in [9.17, 15) is 0 Å². The smallest absolute Gasteiger partial charge is 0.199 e. The Morgan fingerprint density at radius 2 is 1.47 bits per heavy atom. The van der Waals surface area contributed by atoms with Crippen molar-refractivity contribution in [2.75, 3.05) is 5.32 Å². The van der Waals surface area contributed by atoms with Gasteiger partial charge in [0.05, 0.1) is 16.7 Å². The van der Waals surface area contributed by atoms with Crippen molar-refractivity contribution in [1.82, 2.24) is 19.9 Å². The summed E-state index contributed by atoms with van der Waals surface area (Å²) in [7, 11) is 0. The number of nitrogens with zero attached hydrogens (tertiary/aromatic N) is 2. The summed E-state index contributed by atoms with van der Waals surface area (Å²) in [6, 6.07) is 16.4. The summed E-state index contributed by atoms with van der Waals surface area (Å²) in [6.45, 7) is 4.08.